The standard InChI is InChI=1S/C42H29N5O/c1-26-7-5-10-35-36-11-6-8-27(2)42(36)45(41(26)35)30-19-21-43-40(23-30)46-37-12-4-3-9-33(37)34-18-17-32(25-39(34)46)48-31-16-14-28-13-15-29-20-22-44-47(29)38(28)24-31/h3-25H,1-2H3. The van der Waals surface area contributed by atoms with Gasteiger partial charge in [0, 0.05) is 51.3 Å². The molecule has 0 atom stereocenters. The first kappa shape index (κ1) is 26.8. The summed E-state index contributed by atoms with van der Waals surface area (Å²) in [5.41, 5.74) is 10.2. The molecule has 5 aromatic carbocycles. The van der Waals surface area contributed by atoms with Crippen molar-refractivity contribution in [2.24, 2.45) is 0 Å². The van der Waals surface area contributed by atoms with E-state index in [4.69, 9.17) is 9.72 Å². The Morgan fingerprint density at radius 1 is 0.521 bits per heavy atom. The number of ether oxygens (including phenoxy) is 1. The van der Waals surface area contributed by atoms with E-state index in [2.05, 4.69) is 137 Å². The van der Waals surface area contributed by atoms with E-state index < -0.39 is 0 Å². The molecule has 5 heterocycles. The first-order valence-electron chi connectivity index (χ1n) is 16.2. The zero-order valence-electron chi connectivity index (χ0n) is 26.4. The number of nitrogens with zero attached hydrogens (tertiary/aromatic N) is 5. The lowest BCUT2D eigenvalue weighted by Crippen LogP contribution is -2.02. The smallest absolute Gasteiger partial charge is 0.139 e. The Labute approximate surface area is 275 Å². The van der Waals surface area contributed by atoms with Crippen molar-refractivity contribution in [1.29, 1.82) is 0 Å². The van der Waals surface area contributed by atoms with Crippen molar-refractivity contribution in [1.82, 2.24) is 23.7 Å². The molecule has 0 saturated carbocycles. The van der Waals surface area contributed by atoms with E-state index >= 15 is 0 Å². The van der Waals surface area contributed by atoms with Crippen molar-refractivity contribution in [2.45, 2.75) is 13.8 Å². The van der Waals surface area contributed by atoms with Crippen LogP contribution in [0.3, 0.4) is 0 Å². The van der Waals surface area contributed by atoms with Gasteiger partial charge in [-0.1, -0.05) is 60.7 Å². The highest BCUT2D eigenvalue weighted by atomic mass is 16.5. The molecule has 10 aromatic rings. The van der Waals surface area contributed by atoms with Gasteiger partial charge in [0.25, 0.3) is 0 Å². The lowest BCUT2D eigenvalue weighted by atomic mass is 10.1. The highest BCUT2D eigenvalue weighted by Gasteiger charge is 2.18. The van der Waals surface area contributed by atoms with E-state index in [9.17, 15) is 0 Å². The fourth-order valence-corrected chi connectivity index (χ4v) is 7.51. The third kappa shape index (κ3) is 3.86. The summed E-state index contributed by atoms with van der Waals surface area (Å²) in [6, 6.07) is 44.6. The van der Waals surface area contributed by atoms with Gasteiger partial charge in [-0.2, -0.15) is 5.10 Å². The summed E-state index contributed by atoms with van der Waals surface area (Å²) >= 11 is 0. The van der Waals surface area contributed by atoms with E-state index in [-0.39, 0.29) is 0 Å². The van der Waals surface area contributed by atoms with Crippen LogP contribution in [0.1, 0.15) is 11.1 Å². The quantitative estimate of drug-likeness (QED) is 0.197. The molecule has 10 rings (SSSR count). The molecule has 6 nitrogen and oxygen atoms in total. The summed E-state index contributed by atoms with van der Waals surface area (Å²) in [6.07, 6.45) is 3.74. The highest BCUT2D eigenvalue weighted by Crippen LogP contribution is 2.38. The fraction of sp³-hybridized carbons (Fsp3) is 0.0476. The summed E-state index contributed by atoms with van der Waals surface area (Å²) in [7, 11) is 0. The molecule has 0 aliphatic rings. The second-order valence-corrected chi connectivity index (χ2v) is 12.5. The topological polar surface area (TPSA) is 49.3 Å². The Morgan fingerprint density at radius 2 is 1.21 bits per heavy atom. The molecule has 0 aliphatic carbocycles. The molecule has 0 fully saturated rings. The number of aromatic nitrogens is 5. The minimum atomic E-state index is 0.753. The van der Waals surface area contributed by atoms with Crippen LogP contribution in [0.5, 0.6) is 11.5 Å². The van der Waals surface area contributed by atoms with E-state index in [1.165, 1.54) is 38.3 Å². The van der Waals surface area contributed by atoms with Crippen LogP contribution >= 0.6 is 0 Å². The Balaban J connectivity index is 1.16. The minimum absolute atomic E-state index is 0.753. The zero-order valence-corrected chi connectivity index (χ0v) is 26.4. The molecule has 0 amide bonds. The number of aryl methyl sites for hydroxylation is 2. The van der Waals surface area contributed by atoms with Gasteiger partial charge in [0.1, 0.15) is 17.3 Å². The van der Waals surface area contributed by atoms with Gasteiger partial charge >= 0.3 is 0 Å². The van der Waals surface area contributed by atoms with Gasteiger partial charge in [0.2, 0.25) is 0 Å². The lowest BCUT2D eigenvalue weighted by molar-refractivity contribution is 0.484. The fourth-order valence-electron chi connectivity index (χ4n) is 7.51. The molecule has 0 bridgehead atoms. The van der Waals surface area contributed by atoms with E-state index in [0.29, 0.717) is 0 Å². The molecule has 0 N–H and O–H groups in total. The summed E-state index contributed by atoms with van der Waals surface area (Å²) in [6.45, 7) is 4.38. The van der Waals surface area contributed by atoms with Gasteiger partial charge in [-0.15, -0.1) is 0 Å². The predicted molar refractivity (Wildman–Crippen MR) is 195 cm³/mol. The van der Waals surface area contributed by atoms with Crippen LogP contribution in [0, 0.1) is 13.8 Å². The molecular formula is C42H29N5O. The Hall–Kier alpha value is -6.40. The van der Waals surface area contributed by atoms with Crippen molar-refractivity contribution < 1.29 is 4.74 Å². The predicted octanol–water partition coefficient (Wildman–Crippen LogP) is 10.5. The minimum Gasteiger partial charge on any atom is -0.457 e. The third-order valence-electron chi connectivity index (χ3n) is 9.65. The molecule has 5 aromatic heterocycles. The molecule has 228 valence electrons. The number of benzene rings is 5. The van der Waals surface area contributed by atoms with Gasteiger partial charge < -0.3 is 9.30 Å². The van der Waals surface area contributed by atoms with Crippen LogP contribution in [0.15, 0.2) is 140 Å². The molecule has 0 aliphatic heterocycles. The number of hydrogen-bond donors (Lipinski definition) is 0. The molecule has 6 heteroatoms. The maximum atomic E-state index is 6.53. The van der Waals surface area contributed by atoms with Crippen molar-refractivity contribution in [2.75, 3.05) is 0 Å². The number of pyridine rings is 2. The van der Waals surface area contributed by atoms with Gasteiger partial charge in [0.15, 0.2) is 0 Å². The van der Waals surface area contributed by atoms with Crippen LogP contribution in [0.2, 0.25) is 0 Å². The van der Waals surface area contributed by atoms with Gasteiger partial charge in [-0.3, -0.25) is 4.57 Å². The number of para-hydroxylation sites is 3. The van der Waals surface area contributed by atoms with Crippen LogP contribution in [-0.2, 0) is 0 Å². The maximum Gasteiger partial charge on any atom is 0.139 e. The number of hydrogen-bond acceptors (Lipinski definition) is 3. The first-order valence-corrected chi connectivity index (χ1v) is 16.2. The van der Waals surface area contributed by atoms with Gasteiger partial charge in [-0.05, 0) is 73.5 Å². The van der Waals surface area contributed by atoms with Gasteiger partial charge in [0.05, 0.1) is 45.0 Å². The summed E-state index contributed by atoms with van der Waals surface area (Å²) < 4.78 is 13.1. The highest BCUT2D eigenvalue weighted by molar-refractivity contribution is 6.12. The molecule has 48 heavy (non-hydrogen) atoms. The molecule has 0 unspecified atom stereocenters. The van der Waals surface area contributed by atoms with E-state index in [1.54, 1.807) is 0 Å². The van der Waals surface area contributed by atoms with E-state index in [0.717, 1.165) is 55.8 Å². The number of rotatable bonds is 4. The normalized spacial score (nSPS) is 12.0. The summed E-state index contributed by atoms with van der Waals surface area (Å²) in [5.74, 6) is 2.35. The Bertz CT molecular complexity index is 2850. The lowest BCUT2D eigenvalue weighted by Gasteiger charge is -2.14. The average molecular weight is 620 g/mol. The maximum absolute atomic E-state index is 6.53. The van der Waals surface area contributed by atoms with E-state index in [1.807, 2.05) is 35.1 Å². The van der Waals surface area contributed by atoms with Crippen molar-refractivity contribution in [3.05, 3.63) is 151 Å². The zero-order chi connectivity index (χ0) is 31.9. The van der Waals surface area contributed by atoms with Crippen LogP contribution < -0.4 is 4.74 Å². The second-order valence-electron chi connectivity index (χ2n) is 12.5. The van der Waals surface area contributed by atoms with Gasteiger partial charge in [-0.25, -0.2) is 9.50 Å². The monoisotopic (exact) mass is 619 g/mol. The summed E-state index contributed by atoms with van der Waals surface area (Å²) in [5, 5.41) is 10.5. The van der Waals surface area contributed by atoms with Crippen LogP contribution in [0.25, 0.3) is 71.5 Å². The molecule has 0 spiro atoms. The van der Waals surface area contributed by atoms with Crippen molar-refractivity contribution >= 4 is 60.0 Å². The molecular weight excluding hydrogens is 590 g/mol. The Kier molecular flexibility index (Phi) is 5.61. The van der Waals surface area contributed by atoms with Crippen molar-refractivity contribution in [3.8, 4) is 23.0 Å². The first-order chi connectivity index (χ1) is 23.6. The third-order valence-corrected chi connectivity index (χ3v) is 9.65. The summed E-state index contributed by atoms with van der Waals surface area (Å²) in [4.78, 5) is 4.97. The van der Waals surface area contributed by atoms with Crippen LogP contribution in [-0.4, -0.2) is 23.7 Å². The number of fused-ring (bicyclic) bond motifs is 9. The largest absolute Gasteiger partial charge is 0.457 e. The molecule has 0 saturated heterocycles. The van der Waals surface area contributed by atoms with Crippen molar-refractivity contribution in [3.63, 3.8) is 0 Å². The molecule has 0 radical (unpaired) electrons. The second kappa shape index (κ2) is 10.0. The SMILES string of the molecule is Cc1cccc2c3cccc(C)c3n(-c3ccnc(-n4c5ccccc5c5ccc(Oc6ccc7ccc8ccnn8c7c6)cc54)c3)c12. The van der Waals surface area contributed by atoms with Crippen LogP contribution in [0.4, 0.5) is 0 Å². The average Bonchev–Trinajstić information content (AvgIpc) is 3.82. The Morgan fingerprint density at radius 3 is 2.02 bits per heavy atom.